The third-order valence-electron chi connectivity index (χ3n) is 4.28. The van der Waals surface area contributed by atoms with Gasteiger partial charge in [-0.05, 0) is 43.7 Å². The summed E-state index contributed by atoms with van der Waals surface area (Å²) in [5, 5.41) is 12.4. The van der Waals surface area contributed by atoms with E-state index in [-0.39, 0.29) is 17.9 Å². The van der Waals surface area contributed by atoms with Gasteiger partial charge < -0.3 is 15.3 Å². The molecule has 0 radical (unpaired) electrons. The summed E-state index contributed by atoms with van der Waals surface area (Å²) in [5.41, 5.74) is 1.84. The number of likely N-dealkylation sites (tertiary alicyclic amines) is 1. The average Bonchev–Trinajstić information content (AvgIpc) is 2.47. The summed E-state index contributed by atoms with van der Waals surface area (Å²) in [7, 11) is 3.98. The second kappa shape index (κ2) is 7.11. The van der Waals surface area contributed by atoms with E-state index in [1.54, 1.807) is 0 Å². The molecule has 1 aliphatic rings. The third-order valence-corrected chi connectivity index (χ3v) is 4.28. The smallest absolute Gasteiger partial charge is 0.238 e. The Morgan fingerprint density at radius 2 is 2.05 bits per heavy atom. The molecule has 1 aliphatic heterocycles. The van der Waals surface area contributed by atoms with E-state index in [2.05, 4.69) is 17.1 Å². The topological polar surface area (TPSA) is 55.8 Å². The quantitative estimate of drug-likeness (QED) is 0.871. The Hall–Kier alpha value is -1.59. The molecule has 1 aromatic rings. The number of benzene rings is 1. The highest BCUT2D eigenvalue weighted by Crippen LogP contribution is 2.28. The van der Waals surface area contributed by atoms with Crippen molar-refractivity contribution in [2.45, 2.75) is 19.8 Å². The van der Waals surface area contributed by atoms with Crippen LogP contribution in [0.15, 0.2) is 24.3 Å². The first kappa shape index (κ1) is 16.8. The van der Waals surface area contributed by atoms with E-state index in [1.165, 1.54) is 0 Å². The van der Waals surface area contributed by atoms with Crippen LogP contribution in [0.5, 0.6) is 0 Å². The van der Waals surface area contributed by atoms with Gasteiger partial charge >= 0.3 is 0 Å². The van der Waals surface area contributed by atoms with Crippen LogP contribution in [0.1, 0.15) is 19.8 Å². The Kier molecular flexibility index (Phi) is 5.42. The summed E-state index contributed by atoms with van der Waals surface area (Å²) in [6.07, 6.45) is 2.05. The van der Waals surface area contributed by atoms with Gasteiger partial charge in [0.1, 0.15) is 0 Å². The van der Waals surface area contributed by atoms with Crippen LogP contribution in [0.25, 0.3) is 0 Å². The zero-order chi connectivity index (χ0) is 16.2. The minimum Gasteiger partial charge on any atom is -0.396 e. The molecule has 1 atom stereocenters. The summed E-state index contributed by atoms with van der Waals surface area (Å²) in [6.45, 7) is 4.33. The van der Waals surface area contributed by atoms with Gasteiger partial charge in [0.15, 0.2) is 0 Å². The van der Waals surface area contributed by atoms with Gasteiger partial charge in [-0.25, -0.2) is 0 Å². The molecule has 1 unspecified atom stereocenters. The fourth-order valence-electron chi connectivity index (χ4n) is 2.94. The molecule has 22 heavy (non-hydrogen) atoms. The van der Waals surface area contributed by atoms with Crippen molar-refractivity contribution in [1.29, 1.82) is 0 Å². The lowest BCUT2D eigenvalue weighted by atomic mass is 9.83. The molecule has 0 saturated carbocycles. The Bertz CT molecular complexity index is 501. The standard InChI is InChI=1S/C17H27N3O2/c1-17(13-21)9-4-10-20(12-17)11-16(22)18-14-5-7-15(8-6-14)19(2)3/h5-8,21H,4,9-13H2,1-3H3,(H,18,22). The molecule has 122 valence electrons. The highest BCUT2D eigenvalue weighted by atomic mass is 16.3. The van der Waals surface area contributed by atoms with Crippen LogP contribution >= 0.6 is 0 Å². The third kappa shape index (κ3) is 4.45. The maximum Gasteiger partial charge on any atom is 0.238 e. The number of amides is 1. The first-order valence-corrected chi connectivity index (χ1v) is 7.82. The van der Waals surface area contributed by atoms with Crippen LogP contribution in [0.3, 0.4) is 0 Å². The molecule has 2 rings (SSSR count). The molecule has 0 aromatic heterocycles. The van der Waals surface area contributed by atoms with E-state index in [1.807, 2.05) is 43.3 Å². The van der Waals surface area contributed by atoms with Crippen molar-refractivity contribution in [2.24, 2.45) is 5.41 Å². The van der Waals surface area contributed by atoms with Crippen LogP contribution in [-0.2, 0) is 4.79 Å². The number of nitrogens with zero attached hydrogens (tertiary/aromatic N) is 2. The molecule has 0 bridgehead atoms. The Labute approximate surface area is 132 Å². The van der Waals surface area contributed by atoms with Gasteiger partial charge in [-0.15, -0.1) is 0 Å². The van der Waals surface area contributed by atoms with Crippen molar-refractivity contribution >= 4 is 17.3 Å². The van der Waals surface area contributed by atoms with Crippen LogP contribution < -0.4 is 10.2 Å². The summed E-state index contributed by atoms with van der Waals surface area (Å²) in [4.78, 5) is 16.3. The molecule has 1 aromatic carbocycles. The maximum atomic E-state index is 12.2. The number of hydrogen-bond donors (Lipinski definition) is 2. The first-order valence-electron chi connectivity index (χ1n) is 7.82. The van der Waals surface area contributed by atoms with Gasteiger partial charge in [0, 0.05) is 44.0 Å². The van der Waals surface area contributed by atoms with Crippen molar-refractivity contribution in [3.05, 3.63) is 24.3 Å². The number of anilines is 2. The zero-order valence-electron chi connectivity index (χ0n) is 13.8. The van der Waals surface area contributed by atoms with E-state index in [0.717, 1.165) is 37.3 Å². The highest BCUT2D eigenvalue weighted by Gasteiger charge is 2.30. The van der Waals surface area contributed by atoms with Crippen molar-refractivity contribution in [3.8, 4) is 0 Å². The van der Waals surface area contributed by atoms with Gasteiger partial charge in [-0.1, -0.05) is 6.92 Å². The maximum absolute atomic E-state index is 12.2. The van der Waals surface area contributed by atoms with Gasteiger partial charge in [-0.3, -0.25) is 9.69 Å². The Balaban J connectivity index is 1.87. The summed E-state index contributed by atoms with van der Waals surface area (Å²) in [5.74, 6) is -0.000192. The van der Waals surface area contributed by atoms with Gasteiger partial charge in [0.2, 0.25) is 5.91 Å². The van der Waals surface area contributed by atoms with Crippen molar-refractivity contribution in [1.82, 2.24) is 4.90 Å². The Morgan fingerprint density at radius 1 is 1.36 bits per heavy atom. The van der Waals surface area contributed by atoms with Crippen molar-refractivity contribution < 1.29 is 9.90 Å². The number of aliphatic hydroxyl groups is 1. The minimum absolute atomic E-state index is 0.000192. The van der Waals surface area contributed by atoms with Crippen LogP contribution in [0.4, 0.5) is 11.4 Å². The molecule has 2 N–H and O–H groups in total. The number of hydrogen-bond acceptors (Lipinski definition) is 4. The van der Waals surface area contributed by atoms with Gasteiger partial charge in [0.25, 0.3) is 0 Å². The van der Waals surface area contributed by atoms with Crippen LogP contribution in [0, 0.1) is 5.41 Å². The fraction of sp³-hybridized carbons (Fsp3) is 0.588. The molecular weight excluding hydrogens is 278 g/mol. The van der Waals surface area contributed by atoms with Crippen LogP contribution in [0.2, 0.25) is 0 Å². The lowest BCUT2D eigenvalue weighted by Crippen LogP contribution is -2.46. The number of piperidine rings is 1. The fourth-order valence-corrected chi connectivity index (χ4v) is 2.94. The molecule has 0 aliphatic carbocycles. The number of nitrogens with one attached hydrogen (secondary N) is 1. The normalized spacial score (nSPS) is 22.4. The number of carbonyl (C=O) groups excluding carboxylic acids is 1. The molecule has 1 saturated heterocycles. The first-order chi connectivity index (χ1) is 10.4. The number of aliphatic hydroxyl groups excluding tert-OH is 1. The molecule has 5 heteroatoms. The molecule has 1 heterocycles. The zero-order valence-corrected chi connectivity index (χ0v) is 13.8. The number of rotatable bonds is 5. The second-order valence-electron chi connectivity index (χ2n) is 6.77. The van der Waals surface area contributed by atoms with Gasteiger partial charge in [-0.2, -0.15) is 0 Å². The average molecular weight is 305 g/mol. The van der Waals surface area contributed by atoms with Crippen molar-refractivity contribution in [3.63, 3.8) is 0 Å². The minimum atomic E-state index is -0.0775. The Morgan fingerprint density at radius 3 is 2.64 bits per heavy atom. The molecule has 0 spiro atoms. The van der Waals surface area contributed by atoms with E-state index >= 15 is 0 Å². The predicted molar refractivity (Wildman–Crippen MR) is 90.3 cm³/mol. The SMILES string of the molecule is CN(C)c1ccc(NC(=O)CN2CCCC(C)(CO)C2)cc1. The largest absolute Gasteiger partial charge is 0.396 e. The molecule has 1 fully saturated rings. The second-order valence-corrected chi connectivity index (χ2v) is 6.77. The van der Waals surface area contributed by atoms with Gasteiger partial charge in [0.05, 0.1) is 6.54 Å². The lowest BCUT2D eigenvalue weighted by molar-refractivity contribution is -0.118. The van der Waals surface area contributed by atoms with E-state index in [9.17, 15) is 9.90 Å². The number of carbonyl (C=O) groups is 1. The van der Waals surface area contributed by atoms with Crippen molar-refractivity contribution in [2.75, 3.05) is 50.6 Å². The lowest BCUT2D eigenvalue weighted by Gasteiger charge is -2.38. The van der Waals surface area contributed by atoms with E-state index in [0.29, 0.717) is 6.54 Å². The monoisotopic (exact) mass is 305 g/mol. The summed E-state index contributed by atoms with van der Waals surface area (Å²) in [6, 6.07) is 7.81. The van der Waals surface area contributed by atoms with E-state index in [4.69, 9.17) is 0 Å². The van der Waals surface area contributed by atoms with E-state index < -0.39 is 0 Å². The summed E-state index contributed by atoms with van der Waals surface area (Å²) >= 11 is 0. The highest BCUT2D eigenvalue weighted by molar-refractivity contribution is 5.92. The molecular formula is C17H27N3O2. The molecule has 5 nitrogen and oxygen atoms in total. The molecule has 1 amide bonds. The van der Waals surface area contributed by atoms with Crippen LogP contribution in [-0.4, -0.2) is 56.3 Å². The summed E-state index contributed by atoms with van der Waals surface area (Å²) < 4.78 is 0. The predicted octanol–water partition coefficient (Wildman–Crippen LogP) is 1.79.